The Bertz CT molecular complexity index is 772. The summed E-state index contributed by atoms with van der Waals surface area (Å²) in [6, 6.07) is 2.75. The van der Waals surface area contributed by atoms with Crippen molar-refractivity contribution in [2.24, 2.45) is 5.92 Å². The molecule has 25 heavy (non-hydrogen) atoms. The number of unbranched alkanes of at least 4 members (excludes halogenated alkanes) is 3. The Hall–Kier alpha value is -1.70. The van der Waals surface area contributed by atoms with E-state index in [0.717, 1.165) is 31.3 Å². The van der Waals surface area contributed by atoms with Gasteiger partial charge >= 0.3 is 0 Å². The third kappa shape index (κ3) is 5.14. The molecule has 0 fully saturated rings. The molecule has 0 saturated carbocycles. The van der Waals surface area contributed by atoms with Crippen molar-refractivity contribution in [1.29, 1.82) is 0 Å². The molecule has 2 atom stereocenters. The molecule has 138 valence electrons. The highest BCUT2D eigenvalue weighted by molar-refractivity contribution is 5.51. The number of aryl methyl sites for hydroxylation is 1. The predicted octanol–water partition coefficient (Wildman–Crippen LogP) is 6.63. The van der Waals surface area contributed by atoms with Crippen LogP contribution in [0.3, 0.4) is 0 Å². The third-order valence-electron chi connectivity index (χ3n) is 5.00. The lowest BCUT2D eigenvalue weighted by Crippen LogP contribution is -2.17. The van der Waals surface area contributed by atoms with E-state index >= 15 is 0 Å². The number of rotatable bonds is 8. The predicted molar refractivity (Wildman–Crippen MR) is 106 cm³/mol. The maximum absolute atomic E-state index is 10.8. The van der Waals surface area contributed by atoms with Crippen LogP contribution in [0.2, 0.25) is 0 Å². The van der Waals surface area contributed by atoms with Crippen molar-refractivity contribution < 1.29 is 17.1 Å². The molecule has 2 nitrogen and oxygen atoms in total. The van der Waals surface area contributed by atoms with Crippen molar-refractivity contribution in [2.75, 3.05) is 0 Å². The van der Waals surface area contributed by atoms with Crippen LogP contribution in [0.4, 0.5) is 0 Å². The highest BCUT2D eigenvalue weighted by Gasteiger charge is 2.30. The Morgan fingerprint density at radius 1 is 1.24 bits per heavy atom. The molecule has 0 radical (unpaired) electrons. The maximum atomic E-state index is 10.8. The van der Waals surface area contributed by atoms with E-state index in [1.807, 2.05) is 6.92 Å². The van der Waals surface area contributed by atoms with Gasteiger partial charge in [-0.3, -0.25) is 0 Å². The van der Waals surface area contributed by atoms with Crippen LogP contribution in [0, 0.1) is 5.92 Å². The van der Waals surface area contributed by atoms with E-state index in [9.17, 15) is 10.2 Å². The first kappa shape index (κ1) is 13.5. The third-order valence-corrected chi connectivity index (χ3v) is 5.00. The summed E-state index contributed by atoms with van der Waals surface area (Å²) >= 11 is 0. The van der Waals surface area contributed by atoms with Crippen molar-refractivity contribution in [3.8, 4) is 11.5 Å². The summed E-state index contributed by atoms with van der Waals surface area (Å²) < 4.78 is 40.0. The Kier molecular flexibility index (Phi) is 4.93. The number of benzene rings is 1. The minimum absolute atomic E-state index is 0.107. The van der Waals surface area contributed by atoms with Crippen LogP contribution in [0.1, 0.15) is 89.5 Å². The Balaban J connectivity index is 2.42. The molecule has 1 unspecified atom stereocenters. The molecule has 1 aliphatic carbocycles. The van der Waals surface area contributed by atoms with Gasteiger partial charge in [0.25, 0.3) is 0 Å². The quantitative estimate of drug-likeness (QED) is 0.409. The van der Waals surface area contributed by atoms with Crippen molar-refractivity contribution in [1.82, 2.24) is 0 Å². The molecule has 0 aromatic heterocycles. The SMILES string of the molecule is [2H]C([2H])([2H])C1=CC(c2c(O)cc(C([2H])([2H])CCCCCC)cc2O)[C@@H](C(=C)C)CC1. The molecule has 2 N–H and O–H groups in total. The van der Waals surface area contributed by atoms with E-state index in [1.165, 1.54) is 12.1 Å². The molecule has 0 saturated heterocycles. The average Bonchev–Trinajstić information content (AvgIpc) is 2.63. The smallest absolute Gasteiger partial charge is 0.123 e. The summed E-state index contributed by atoms with van der Waals surface area (Å²) in [7, 11) is 0. The second-order valence-electron chi connectivity index (χ2n) is 7.12. The van der Waals surface area contributed by atoms with Crippen molar-refractivity contribution in [3.63, 3.8) is 0 Å². The lowest BCUT2D eigenvalue weighted by atomic mass is 9.73. The minimum Gasteiger partial charge on any atom is -0.507 e. The Labute approximate surface area is 160 Å². The number of allylic oxidation sites excluding steroid dienone is 3. The standard InChI is InChI=1S/C23H34O2/c1-5-6-7-8-9-10-18-14-21(24)23(22(25)15-18)20-13-17(4)11-12-19(20)16(2)3/h13-15,19-20,24-25H,2,5-12H2,1,3-4H3/t19-,20?/m1/s1/i4D3,10D2. The van der Waals surface area contributed by atoms with E-state index in [1.54, 1.807) is 6.08 Å². The molecule has 0 heterocycles. The molecule has 2 heteroatoms. The summed E-state index contributed by atoms with van der Waals surface area (Å²) in [6.07, 6.45) is 5.06. The molecule has 0 amide bonds. The largest absolute Gasteiger partial charge is 0.507 e. The number of hydrogen-bond acceptors (Lipinski definition) is 2. The van der Waals surface area contributed by atoms with Gasteiger partial charge < -0.3 is 10.2 Å². The van der Waals surface area contributed by atoms with Crippen LogP contribution in [0.5, 0.6) is 11.5 Å². The summed E-state index contributed by atoms with van der Waals surface area (Å²) in [6.45, 7) is 5.75. The molecule has 2 rings (SSSR count). The zero-order valence-electron chi connectivity index (χ0n) is 20.4. The van der Waals surface area contributed by atoms with Gasteiger partial charge in [0.05, 0.1) is 0 Å². The Morgan fingerprint density at radius 2 is 1.92 bits per heavy atom. The van der Waals surface area contributed by atoms with E-state index in [-0.39, 0.29) is 28.5 Å². The first-order valence-corrected chi connectivity index (χ1v) is 9.31. The van der Waals surface area contributed by atoms with Crippen LogP contribution < -0.4 is 0 Å². The summed E-state index contributed by atoms with van der Waals surface area (Å²) in [5.41, 5.74) is 1.66. The van der Waals surface area contributed by atoms with Gasteiger partial charge in [-0.25, -0.2) is 0 Å². The van der Waals surface area contributed by atoms with Crippen molar-refractivity contribution in [2.45, 2.75) is 77.9 Å². The van der Waals surface area contributed by atoms with E-state index in [4.69, 9.17) is 6.85 Å². The van der Waals surface area contributed by atoms with Crippen LogP contribution in [0.15, 0.2) is 35.9 Å². The lowest BCUT2D eigenvalue weighted by molar-refractivity contribution is 0.406. The Morgan fingerprint density at radius 3 is 2.52 bits per heavy atom. The maximum Gasteiger partial charge on any atom is 0.123 e. The van der Waals surface area contributed by atoms with Gasteiger partial charge in [0.2, 0.25) is 0 Å². The fourth-order valence-corrected chi connectivity index (χ4v) is 3.60. The molecular formula is C23H34O2. The second kappa shape index (κ2) is 9.12. The molecule has 0 spiro atoms. The van der Waals surface area contributed by atoms with E-state index in [2.05, 4.69) is 13.5 Å². The van der Waals surface area contributed by atoms with Gasteiger partial charge in [-0.15, -0.1) is 0 Å². The molecule has 1 aromatic carbocycles. The summed E-state index contributed by atoms with van der Waals surface area (Å²) in [5, 5.41) is 21.5. The van der Waals surface area contributed by atoms with E-state index in [0.29, 0.717) is 24.8 Å². The zero-order valence-corrected chi connectivity index (χ0v) is 15.4. The van der Waals surface area contributed by atoms with Crippen LogP contribution in [-0.2, 0) is 6.37 Å². The van der Waals surface area contributed by atoms with Gasteiger partial charge in [-0.2, -0.15) is 0 Å². The van der Waals surface area contributed by atoms with E-state index < -0.39 is 19.1 Å². The van der Waals surface area contributed by atoms with Gasteiger partial charge in [0.15, 0.2) is 0 Å². The second-order valence-corrected chi connectivity index (χ2v) is 7.12. The van der Waals surface area contributed by atoms with Crippen LogP contribution in [-0.4, -0.2) is 10.2 Å². The van der Waals surface area contributed by atoms with Crippen molar-refractivity contribution in [3.05, 3.63) is 47.1 Å². The topological polar surface area (TPSA) is 40.5 Å². The van der Waals surface area contributed by atoms with Crippen LogP contribution in [0.25, 0.3) is 0 Å². The first-order valence-electron chi connectivity index (χ1n) is 11.8. The molecule has 1 aliphatic rings. The van der Waals surface area contributed by atoms with Crippen molar-refractivity contribution >= 4 is 0 Å². The van der Waals surface area contributed by atoms with Gasteiger partial charge in [0.1, 0.15) is 11.5 Å². The van der Waals surface area contributed by atoms with Gasteiger partial charge in [-0.05, 0) is 63.0 Å². The number of phenolic OH excluding ortho intramolecular Hbond substituents is 2. The lowest BCUT2D eigenvalue weighted by Gasteiger charge is -2.31. The van der Waals surface area contributed by atoms with Crippen LogP contribution >= 0.6 is 0 Å². The normalized spacial score (nSPS) is 24.4. The number of aromatic hydroxyl groups is 2. The summed E-state index contributed by atoms with van der Waals surface area (Å²) in [5.74, 6) is -1.04. The number of phenols is 2. The molecule has 1 aromatic rings. The molecule has 0 aliphatic heterocycles. The molecular weight excluding hydrogens is 308 g/mol. The summed E-state index contributed by atoms with van der Waals surface area (Å²) in [4.78, 5) is 0. The average molecular weight is 348 g/mol. The van der Waals surface area contributed by atoms with Gasteiger partial charge in [0, 0.05) is 18.3 Å². The first-order chi connectivity index (χ1) is 13.9. The fourth-order valence-electron chi connectivity index (χ4n) is 3.60. The van der Waals surface area contributed by atoms with Gasteiger partial charge in [-0.1, -0.05) is 56.4 Å². The minimum atomic E-state index is -2.22. The highest BCUT2D eigenvalue weighted by Crippen LogP contribution is 2.46. The number of hydrogen-bond donors (Lipinski definition) is 2. The molecule has 0 bridgehead atoms. The fraction of sp³-hybridized carbons (Fsp3) is 0.565. The zero-order chi connectivity index (χ0) is 22.7. The monoisotopic (exact) mass is 347 g/mol. The highest BCUT2D eigenvalue weighted by atomic mass is 16.3.